The number of hydrogen-bond acceptors (Lipinski definition) is 1. The molecule has 0 radical (unpaired) electrons. The summed E-state index contributed by atoms with van der Waals surface area (Å²) in [6.07, 6.45) is 3.72. The molecule has 18 heavy (non-hydrogen) atoms. The van der Waals surface area contributed by atoms with Crippen molar-refractivity contribution in [2.24, 2.45) is 11.3 Å². The molecule has 1 aliphatic rings. The molecule has 0 amide bonds. The van der Waals surface area contributed by atoms with Crippen molar-refractivity contribution < 1.29 is 0 Å². The van der Waals surface area contributed by atoms with Crippen LogP contribution < -0.4 is 5.32 Å². The number of rotatable bonds is 3. The van der Waals surface area contributed by atoms with E-state index < -0.39 is 0 Å². The van der Waals surface area contributed by atoms with E-state index in [1.165, 1.54) is 19.3 Å². The van der Waals surface area contributed by atoms with Gasteiger partial charge in [0.2, 0.25) is 0 Å². The number of fused-ring (bicyclic) bond motifs is 1. The molecular formula is C17H27N. The molecule has 0 heterocycles. The first-order valence-electron chi connectivity index (χ1n) is 7.27. The fraction of sp³-hybridized carbons (Fsp3) is 0.647. The Hall–Kier alpha value is -0.820. The van der Waals surface area contributed by atoms with E-state index in [4.69, 9.17) is 0 Å². The fourth-order valence-electron chi connectivity index (χ4n) is 2.52. The van der Waals surface area contributed by atoms with Crippen LogP contribution in [0.15, 0.2) is 24.3 Å². The van der Waals surface area contributed by atoms with Gasteiger partial charge < -0.3 is 5.32 Å². The van der Waals surface area contributed by atoms with Crippen molar-refractivity contribution in [1.82, 2.24) is 5.32 Å². The lowest BCUT2D eigenvalue weighted by atomic mass is 9.81. The van der Waals surface area contributed by atoms with Crippen molar-refractivity contribution in [2.45, 2.75) is 53.0 Å². The maximum Gasteiger partial charge on any atom is 0.0111 e. The molecule has 1 N–H and O–H groups in total. The quantitative estimate of drug-likeness (QED) is 0.853. The molecule has 2 atom stereocenters. The number of aryl methyl sites for hydroxylation is 1. The molecule has 1 heteroatoms. The summed E-state index contributed by atoms with van der Waals surface area (Å²) >= 11 is 0. The Labute approximate surface area is 112 Å². The van der Waals surface area contributed by atoms with Gasteiger partial charge in [-0.3, -0.25) is 0 Å². The molecule has 0 saturated carbocycles. The highest BCUT2D eigenvalue weighted by Crippen LogP contribution is 2.26. The normalized spacial score (nSPS) is 21.4. The van der Waals surface area contributed by atoms with E-state index >= 15 is 0 Å². The summed E-state index contributed by atoms with van der Waals surface area (Å²) in [5, 5.41) is 3.77. The first kappa shape index (κ1) is 13.6. The Kier molecular flexibility index (Phi) is 4.11. The van der Waals surface area contributed by atoms with Crippen molar-refractivity contribution in [1.29, 1.82) is 0 Å². The average Bonchev–Trinajstić information content (AvgIpc) is 2.34. The van der Waals surface area contributed by atoms with Gasteiger partial charge in [-0.15, -0.1) is 0 Å². The van der Waals surface area contributed by atoms with E-state index in [2.05, 4.69) is 57.3 Å². The van der Waals surface area contributed by atoms with Gasteiger partial charge >= 0.3 is 0 Å². The predicted molar refractivity (Wildman–Crippen MR) is 78.9 cm³/mol. The molecule has 1 nitrogen and oxygen atoms in total. The van der Waals surface area contributed by atoms with Crippen molar-refractivity contribution in [2.75, 3.05) is 6.54 Å². The smallest absolute Gasteiger partial charge is 0.0111 e. The van der Waals surface area contributed by atoms with Crippen LogP contribution in [0.25, 0.3) is 0 Å². The van der Waals surface area contributed by atoms with Crippen LogP contribution in [0.3, 0.4) is 0 Å². The molecule has 1 aromatic rings. The summed E-state index contributed by atoms with van der Waals surface area (Å²) in [5.74, 6) is 0.717. The van der Waals surface area contributed by atoms with E-state index in [1.54, 1.807) is 11.1 Å². The van der Waals surface area contributed by atoms with Crippen LogP contribution in [0.2, 0.25) is 0 Å². The van der Waals surface area contributed by atoms with Crippen molar-refractivity contribution in [3.05, 3.63) is 35.4 Å². The standard InChI is InChI=1S/C17H27N/c1-13(17(2,3)4)12-18-16-10-9-14-7-5-6-8-15(14)11-16/h5-8,13,16,18H,9-12H2,1-4H3. The van der Waals surface area contributed by atoms with Crippen molar-refractivity contribution >= 4 is 0 Å². The average molecular weight is 245 g/mol. The molecule has 0 bridgehead atoms. The Morgan fingerprint density at radius 3 is 2.56 bits per heavy atom. The Bertz CT molecular complexity index is 389. The van der Waals surface area contributed by atoms with Crippen LogP contribution in [0.4, 0.5) is 0 Å². The van der Waals surface area contributed by atoms with E-state index in [0.29, 0.717) is 11.5 Å². The Balaban J connectivity index is 1.87. The van der Waals surface area contributed by atoms with Crippen LogP contribution in [0.5, 0.6) is 0 Å². The van der Waals surface area contributed by atoms with Crippen molar-refractivity contribution in [3.63, 3.8) is 0 Å². The molecule has 0 fully saturated rings. The molecular weight excluding hydrogens is 218 g/mol. The zero-order valence-corrected chi connectivity index (χ0v) is 12.3. The minimum Gasteiger partial charge on any atom is -0.313 e. The minimum atomic E-state index is 0.402. The summed E-state index contributed by atoms with van der Waals surface area (Å²) in [7, 11) is 0. The second-order valence-electron chi connectivity index (χ2n) is 6.88. The van der Waals surface area contributed by atoms with Crippen LogP contribution >= 0.6 is 0 Å². The van der Waals surface area contributed by atoms with Gasteiger partial charge in [0.15, 0.2) is 0 Å². The third-order valence-corrected chi connectivity index (χ3v) is 4.54. The Morgan fingerprint density at radius 1 is 1.22 bits per heavy atom. The Morgan fingerprint density at radius 2 is 1.89 bits per heavy atom. The van der Waals surface area contributed by atoms with Crippen LogP contribution in [-0.4, -0.2) is 12.6 Å². The SMILES string of the molecule is CC(CNC1CCc2ccccc2C1)C(C)(C)C. The maximum absolute atomic E-state index is 3.77. The van der Waals surface area contributed by atoms with E-state index in [-0.39, 0.29) is 0 Å². The molecule has 100 valence electrons. The second kappa shape index (κ2) is 5.44. The lowest BCUT2D eigenvalue weighted by molar-refractivity contribution is 0.242. The largest absolute Gasteiger partial charge is 0.313 e. The summed E-state index contributed by atoms with van der Waals surface area (Å²) in [6.45, 7) is 10.5. The molecule has 0 aromatic heterocycles. The molecule has 2 unspecified atom stereocenters. The van der Waals surface area contributed by atoms with Gasteiger partial charge in [-0.25, -0.2) is 0 Å². The summed E-state index contributed by atoms with van der Waals surface area (Å²) in [6, 6.07) is 9.57. The molecule has 1 aliphatic carbocycles. The third-order valence-electron chi connectivity index (χ3n) is 4.54. The van der Waals surface area contributed by atoms with Crippen LogP contribution in [0.1, 0.15) is 45.2 Å². The molecule has 0 spiro atoms. The molecule has 0 saturated heterocycles. The van der Waals surface area contributed by atoms with Crippen LogP contribution in [-0.2, 0) is 12.8 Å². The molecule has 1 aromatic carbocycles. The highest BCUT2D eigenvalue weighted by Gasteiger charge is 2.22. The topological polar surface area (TPSA) is 12.0 Å². The summed E-state index contributed by atoms with van der Waals surface area (Å²) in [4.78, 5) is 0. The van der Waals surface area contributed by atoms with Gasteiger partial charge in [-0.05, 0) is 48.3 Å². The summed E-state index contributed by atoms with van der Waals surface area (Å²) < 4.78 is 0. The van der Waals surface area contributed by atoms with Gasteiger partial charge in [0, 0.05) is 6.04 Å². The zero-order valence-electron chi connectivity index (χ0n) is 12.3. The van der Waals surface area contributed by atoms with Crippen LogP contribution in [0, 0.1) is 11.3 Å². The van der Waals surface area contributed by atoms with Gasteiger partial charge in [0.1, 0.15) is 0 Å². The van der Waals surface area contributed by atoms with Gasteiger partial charge in [-0.2, -0.15) is 0 Å². The maximum atomic E-state index is 3.77. The van der Waals surface area contributed by atoms with Gasteiger partial charge in [0.25, 0.3) is 0 Å². The number of nitrogens with one attached hydrogen (secondary N) is 1. The molecule has 2 rings (SSSR count). The van der Waals surface area contributed by atoms with Gasteiger partial charge in [0.05, 0.1) is 0 Å². The van der Waals surface area contributed by atoms with Crippen molar-refractivity contribution in [3.8, 4) is 0 Å². The number of hydrogen-bond donors (Lipinski definition) is 1. The lowest BCUT2D eigenvalue weighted by Gasteiger charge is -2.31. The van der Waals surface area contributed by atoms with E-state index in [1.807, 2.05) is 0 Å². The third kappa shape index (κ3) is 3.35. The van der Waals surface area contributed by atoms with Gasteiger partial charge in [-0.1, -0.05) is 52.0 Å². The number of benzene rings is 1. The van der Waals surface area contributed by atoms with E-state index in [9.17, 15) is 0 Å². The molecule has 0 aliphatic heterocycles. The highest BCUT2D eigenvalue weighted by molar-refractivity contribution is 5.30. The highest BCUT2D eigenvalue weighted by atomic mass is 14.9. The summed E-state index contributed by atoms with van der Waals surface area (Å²) in [5.41, 5.74) is 3.50. The zero-order chi connectivity index (χ0) is 13.2. The lowest BCUT2D eigenvalue weighted by Crippen LogP contribution is -2.39. The second-order valence-corrected chi connectivity index (χ2v) is 6.88. The minimum absolute atomic E-state index is 0.402. The fourth-order valence-corrected chi connectivity index (χ4v) is 2.52. The first-order chi connectivity index (χ1) is 8.47. The monoisotopic (exact) mass is 245 g/mol. The van der Waals surface area contributed by atoms with E-state index in [0.717, 1.165) is 12.5 Å². The first-order valence-corrected chi connectivity index (χ1v) is 7.27. The predicted octanol–water partition coefficient (Wildman–Crippen LogP) is 3.82.